The zero-order chi connectivity index (χ0) is 11.0. The van der Waals surface area contributed by atoms with E-state index >= 15 is 0 Å². The molecule has 1 atom stereocenters. The number of hydrogen-bond acceptors (Lipinski definition) is 4. The first-order valence-corrected chi connectivity index (χ1v) is 4.12. The Balaban J connectivity index is 4.28. The maximum Gasteiger partial charge on any atom is 0.328 e. The van der Waals surface area contributed by atoms with E-state index in [1.54, 1.807) is 12.2 Å². The lowest BCUT2D eigenvalue weighted by Gasteiger charge is -2.09. The highest BCUT2D eigenvalue weighted by Crippen LogP contribution is 1.96. The quantitative estimate of drug-likeness (QED) is 0.419. The lowest BCUT2D eigenvalue weighted by molar-refractivity contribution is -0.140. The zero-order valence-electron chi connectivity index (χ0n) is 8.23. The van der Waals surface area contributed by atoms with Gasteiger partial charge in [0.2, 0.25) is 0 Å². The minimum atomic E-state index is -1.11. The van der Waals surface area contributed by atoms with Gasteiger partial charge in [0.05, 0.1) is 13.7 Å². The minimum absolute atomic E-state index is 0.474. The van der Waals surface area contributed by atoms with Gasteiger partial charge in [-0.25, -0.2) is 4.79 Å². The van der Waals surface area contributed by atoms with Crippen LogP contribution < -0.4 is 5.32 Å². The molecule has 0 unspecified atom stereocenters. The molecule has 0 aromatic carbocycles. The van der Waals surface area contributed by atoms with Crippen molar-refractivity contribution in [3.05, 3.63) is 24.1 Å². The third-order valence-corrected chi connectivity index (χ3v) is 1.47. The van der Waals surface area contributed by atoms with E-state index in [2.05, 4.69) is 5.32 Å². The number of carboxylic acids is 1. The first-order valence-electron chi connectivity index (χ1n) is 4.12. The summed E-state index contributed by atoms with van der Waals surface area (Å²) in [4.78, 5) is 10.5. The Morgan fingerprint density at radius 2 is 2.29 bits per heavy atom. The molecule has 0 aromatic rings. The largest absolute Gasteiger partial charge is 0.495 e. The summed E-state index contributed by atoms with van der Waals surface area (Å²) in [6.45, 7) is 1.34. The number of hydrogen-bond donors (Lipinski definition) is 3. The molecule has 0 saturated carbocycles. The van der Waals surface area contributed by atoms with Crippen molar-refractivity contribution in [2.75, 3.05) is 13.7 Å². The van der Waals surface area contributed by atoms with E-state index in [1.165, 1.54) is 13.3 Å². The molecule has 0 aromatic heterocycles. The zero-order valence-corrected chi connectivity index (χ0v) is 8.23. The lowest BCUT2D eigenvalue weighted by Crippen LogP contribution is -2.36. The van der Waals surface area contributed by atoms with Crippen LogP contribution in [-0.4, -0.2) is 35.9 Å². The average molecular weight is 201 g/mol. The second kappa shape index (κ2) is 6.97. The Labute approximate surface area is 82.7 Å². The molecule has 0 fully saturated rings. The van der Waals surface area contributed by atoms with Crippen molar-refractivity contribution in [1.29, 1.82) is 0 Å². The SMILES string of the molecule is C/C=C\C(=C/N[C@H](CO)C(=O)O)OC. The van der Waals surface area contributed by atoms with Crippen molar-refractivity contribution in [2.24, 2.45) is 0 Å². The van der Waals surface area contributed by atoms with Crippen molar-refractivity contribution in [3.8, 4) is 0 Å². The molecule has 0 aliphatic rings. The third-order valence-electron chi connectivity index (χ3n) is 1.47. The molecule has 3 N–H and O–H groups in total. The van der Waals surface area contributed by atoms with Crippen LogP contribution in [0.1, 0.15) is 6.92 Å². The lowest BCUT2D eigenvalue weighted by atomic mass is 10.3. The molecule has 0 aliphatic carbocycles. The van der Waals surface area contributed by atoms with Crippen LogP contribution in [0.3, 0.4) is 0 Å². The molecule has 0 saturated heterocycles. The highest BCUT2D eigenvalue weighted by molar-refractivity contribution is 5.73. The summed E-state index contributed by atoms with van der Waals surface area (Å²) < 4.78 is 4.90. The molecule has 0 radical (unpaired) electrons. The number of nitrogens with one attached hydrogen (secondary N) is 1. The van der Waals surface area contributed by atoms with Crippen LogP contribution >= 0.6 is 0 Å². The van der Waals surface area contributed by atoms with E-state index in [9.17, 15) is 4.79 Å². The Bertz CT molecular complexity index is 235. The average Bonchev–Trinajstić information content (AvgIpc) is 2.16. The highest BCUT2D eigenvalue weighted by atomic mass is 16.5. The van der Waals surface area contributed by atoms with Gasteiger partial charge >= 0.3 is 5.97 Å². The smallest absolute Gasteiger partial charge is 0.328 e. The van der Waals surface area contributed by atoms with Crippen molar-refractivity contribution in [1.82, 2.24) is 5.32 Å². The van der Waals surface area contributed by atoms with E-state index in [-0.39, 0.29) is 0 Å². The van der Waals surface area contributed by atoms with Crippen LogP contribution in [0.2, 0.25) is 0 Å². The maximum atomic E-state index is 10.5. The molecule has 14 heavy (non-hydrogen) atoms. The maximum absolute atomic E-state index is 10.5. The number of carboxylic acid groups (broad SMARTS) is 1. The number of ether oxygens (including phenoxy) is 1. The molecule has 0 rings (SSSR count). The van der Waals surface area contributed by atoms with Crippen LogP contribution in [-0.2, 0) is 9.53 Å². The van der Waals surface area contributed by atoms with Gasteiger partial charge in [0.1, 0.15) is 11.8 Å². The number of allylic oxidation sites excluding steroid dienone is 2. The van der Waals surface area contributed by atoms with Crippen molar-refractivity contribution < 1.29 is 19.7 Å². The molecule has 80 valence electrons. The number of aliphatic carboxylic acids is 1. The van der Waals surface area contributed by atoms with Crippen molar-refractivity contribution in [3.63, 3.8) is 0 Å². The summed E-state index contributed by atoms with van der Waals surface area (Å²) in [7, 11) is 1.47. The fourth-order valence-corrected chi connectivity index (χ4v) is 0.724. The molecule has 5 nitrogen and oxygen atoms in total. The van der Waals surface area contributed by atoms with Gasteiger partial charge in [0.25, 0.3) is 0 Å². The summed E-state index contributed by atoms with van der Waals surface area (Å²) in [5.41, 5.74) is 0. The standard InChI is InChI=1S/C9H15NO4/c1-3-4-7(14-2)5-10-8(6-11)9(12)13/h3-5,8,10-11H,6H2,1-2H3,(H,12,13)/b4-3-,7-5+/t8-/m1/s1. The Hall–Kier alpha value is -1.49. The molecular weight excluding hydrogens is 186 g/mol. The Morgan fingerprint density at radius 1 is 1.64 bits per heavy atom. The number of aliphatic hydroxyl groups excluding tert-OH is 1. The number of aliphatic hydroxyl groups is 1. The molecule has 0 aliphatic heterocycles. The number of rotatable bonds is 6. The normalized spacial score (nSPS) is 14.1. The summed E-state index contributed by atoms with van der Waals surface area (Å²) in [6, 6.07) is -1.01. The van der Waals surface area contributed by atoms with Crippen LogP contribution in [0.25, 0.3) is 0 Å². The highest BCUT2D eigenvalue weighted by Gasteiger charge is 2.13. The minimum Gasteiger partial charge on any atom is -0.495 e. The summed E-state index contributed by atoms with van der Waals surface area (Å²) in [5.74, 6) is -0.619. The van der Waals surface area contributed by atoms with Crippen LogP contribution in [0.5, 0.6) is 0 Å². The predicted octanol–water partition coefficient (Wildman–Crippen LogP) is 0.0854. The van der Waals surface area contributed by atoms with Crippen LogP contribution in [0, 0.1) is 0 Å². The molecule has 0 amide bonds. The van der Waals surface area contributed by atoms with Crippen LogP contribution in [0.15, 0.2) is 24.1 Å². The van der Waals surface area contributed by atoms with Gasteiger partial charge in [-0.15, -0.1) is 0 Å². The third kappa shape index (κ3) is 4.51. The second-order valence-electron chi connectivity index (χ2n) is 2.49. The van der Waals surface area contributed by atoms with Crippen LogP contribution in [0.4, 0.5) is 0 Å². The molecule has 5 heteroatoms. The molecule has 0 heterocycles. The van der Waals surface area contributed by atoms with Gasteiger partial charge in [0.15, 0.2) is 0 Å². The van der Waals surface area contributed by atoms with Crippen molar-refractivity contribution in [2.45, 2.75) is 13.0 Å². The van der Waals surface area contributed by atoms with E-state index < -0.39 is 18.6 Å². The second-order valence-corrected chi connectivity index (χ2v) is 2.49. The van der Waals surface area contributed by atoms with Gasteiger partial charge in [0, 0.05) is 6.20 Å². The topological polar surface area (TPSA) is 78.8 Å². The van der Waals surface area contributed by atoms with E-state index in [1.807, 2.05) is 6.92 Å². The van der Waals surface area contributed by atoms with Gasteiger partial charge in [-0.2, -0.15) is 0 Å². The Kier molecular flexibility index (Phi) is 6.22. The van der Waals surface area contributed by atoms with Gasteiger partial charge in [-0.05, 0) is 13.0 Å². The summed E-state index contributed by atoms with van der Waals surface area (Å²) >= 11 is 0. The van der Waals surface area contributed by atoms with E-state index in [0.29, 0.717) is 5.76 Å². The Morgan fingerprint density at radius 3 is 2.64 bits per heavy atom. The molecular formula is C9H15NO4. The molecule has 0 spiro atoms. The monoisotopic (exact) mass is 201 g/mol. The predicted molar refractivity (Wildman–Crippen MR) is 51.6 cm³/mol. The van der Waals surface area contributed by atoms with Gasteiger partial charge in [-0.3, -0.25) is 0 Å². The van der Waals surface area contributed by atoms with E-state index in [4.69, 9.17) is 14.9 Å². The van der Waals surface area contributed by atoms with Crippen molar-refractivity contribution >= 4 is 5.97 Å². The first kappa shape index (κ1) is 12.5. The molecule has 0 bridgehead atoms. The van der Waals surface area contributed by atoms with Gasteiger partial charge in [-0.1, -0.05) is 6.08 Å². The summed E-state index contributed by atoms with van der Waals surface area (Å²) in [6.07, 6.45) is 4.82. The number of carbonyl (C=O) groups is 1. The fourth-order valence-electron chi connectivity index (χ4n) is 0.724. The first-order chi connectivity index (χ1) is 6.65. The fraction of sp³-hybridized carbons (Fsp3) is 0.444. The van der Waals surface area contributed by atoms with Gasteiger partial charge < -0.3 is 20.3 Å². The number of methoxy groups -OCH3 is 1. The summed E-state index contributed by atoms with van der Waals surface area (Å²) in [5, 5.41) is 19.8. The van der Waals surface area contributed by atoms with E-state index in [0.717, 1.165) is 0 Å².